The Labute approximate surface area is 108 Å². The Morgan fingerprint density at radius 2 is 2.00 bits per heavy atom. The van der Waals surface area contributed by atoms with E-state index in [9.17, 15) is 14.0 Å². The van der Waals surface area contributed by atoms with Crippen LogP contribution in [-0.4, -0.2) is 10.4 Å². The van der Waals surface area contributed by atoms with E-state index in [2.05, 4.69) is 0 Å². The summed E-state index contributed by atoms with van der Waals surface area (Å²) < 4.78 is 14.2. The summed E-state index contributed by atoms with van der Waals surface area (Å²) in [6.07, 6.45) is 0.210. The van der Waals surface area contributed by atoms with E-state index < -0.39 is 0 Å². The number of benzene rings is 1. The molecule has 0 amide bonds. The van der Waals surface area contributed by atoms with Gasteiger partial charge in [0.25, 0.3) is 0 Å². The van der Waals surface area contributed by atoms with E-state index in [-0.39, 0.29) is 29.4 Å². The van der Waals surface area contributed by atoms with E-state index in [0.717, 1.165) is 22.6 Å². The van der Waals surface area contributed by atoms with Crippen molar-refractivity contribution in [3.8, 4) is 0 Å². The van der Waals surface area contributed by atoms with Crippen molar-refractivity contribution in [2.24, 2.45) is 0 Å². The van der Waals surface area contributed by atoms with Crippen molar-refractivity contribution in [2.45, 2.75) is 19.9 Å². The molecular formula is C13H12FNO2S. The first-order valence-corrected chi connectivity index (χ1v) is 6.35. The SMILES string of the molecule is Cc1csc(=O)n1CC(=O)Cc1ccc(F)cc1. The van der Waals surface area contributed by atoms with Crippen molar-refractivity contribution in [1.29, 1.82) is 0 Å². The maximum atomic E-state index is 12.7. The van der Waals surface area contributed by atoms with Crippen LogP contribution in [0.25, 0.3) is 0 Å². The van der Waals surface area contributed by atoms with Crippen LogP contribution in [0.15, 0.2) is 34.4 Å². The van der Waals surface area contributed by atoms with E-state index >= 15 is 0 Å². The molecule has 0 spiro atoms. The van der Waals surface area contributed by atoms with Crippen molar-refractivity contribution in [3.63, 3.8) is 0 Å². The summed E-state index contributed by atoms with van der Waals surface area (Å²) in [5.41, 5.74) is 1.54. The smallest absolute Gasteiger partial charge is 0.297 e. The van der Waals surface area contributed by atoms with Gasteiger partial charge in [-0.2, -0.15) is 0 Å². The molecule has 0 aliphatic rings. The molecule has 0 saturated carbocycles. The van der Waals surface area contributed by atoms with Crippen LogP contribution in [0.4, 0.5) is 4.39 Å². The lowest BCUT2D eigenvalue weighted by molar-refractivity contribution is -0.119. The number of hydrogen-bond acceptors (Lipinski definition) is 3. The molecule has 2 aromatic rings. The zero-order chi connectivity index (χ0) is 13.1. The Morgan fingerprint density at radius 1 is 1.33 bits per heavy atom. The Kier molecular flexibility index (Phi) is 3.72. The lowest BCUT2D eigenvalue weighted by atomic mass is 10.1. The zero-order valence-electron chi connectivity index (χ0n) is 9.85. The average Bonchev–Trinajstić information content (AvgIpc) is 2.64. The predicted molar refractivity (Wildman–Crippen MR) is 68.4 cm³/mol. The van der Waals surface area contributed by atoms with Crippen LogP contribution in [0.2, 0.25) is 0 Å². The Hall–Kier alpha value is -1.75. The van der Waals surface area contributed by atoms with Crippen molar-refractivity contribution in [3.05, 3.63) is 56.4 Å². The number of aromatic nitrogens is 1. The number of rotatable bonds is 4. The van der Waals surface area contributed by atoms with Crippen molar-refractivity contribution < 1.29 is 9.18 Å². The first-order chi connectivity index (χ1) is 8.56. The number of ketones is 1. The Bertz CT molecular complexity index is 613. The van der Waals surface area contributed by atoms with Gasteiger partial charge >= 0.3 is 4.87 Å². The molecule has 18 heavy (non-hydrogen) atoms. The molecule has 2 rings (SSSR count). The largest absolute Gasteiger partial charge is 0.307 e. The number of carbonyl (C=O) groups excluding carboxylic acids is 1. The highest BCUT2D eigenvalue weighted by atomic mass is 32.1. The monoisotopic (exact) mass is 265 g/mol. The second-order valence-electron chi connectivity index (χ2n) is 4.07. The van der Waals surface area contributed by atoms with Crippen molar-refractivity contribution >= 4 is 17.1 Å². The first kappa shape index (κ1) is 12.7. The summed E-state index contributed by atoms with van der Waals surface area (Å²) in [5, 5.41) is 1.73. The highest BCUT2D eigenvalue weighted by molar-refractivity contribution is 7.07. The minimum Gasteiger partial charge on any atom is -0.297 e. The number of carbonyl (C=O) groups is 1. The first-order valence-electron chi connectivity index (χ1n) is 5.47. The quantitative estimate of drug-likeness (QED) is 0.850. The molecule has 0 unspecified atom stereocenters. The van der Waals surface area contributed by atoms with Crippen LogP contribution in [0.3, 0.4) is 0 Å². The molecule has 1 aromatic carbocycles. The standard InChI is InChI=1S/C13H12FNO2S/c1-9-8-18-13(17)15(9)7-12(16)6-10-2-4-11(14)5-3-10/h2-5,8H,6-7H2,1H3. The van der Waals surface area contributed by atoms with Gasteiger partial charge in [0, 0.05) is 17.5 Å². The van der Waals surface area contributed by atoms with Crippen LogP contribution in [0, 0.1) is 12.7 Å². The lowest BCUT2D eigenvalue weighted by Crippen LogP contribution is -2.21. The van der Waals surface area contributed by atoms with Gasteiger partial charge in [-0.05, 0) is 24.6 Å². The normalized spacial score (nSPS) is 10.6. The number of hydrogen-bond donors (Lipinski definition) is 0. The van der Waals surface area contributed by atoms with E-state index in [1.807, 2.05) is 0 Å². The molecular weight excluding hydrogens is 253 g/mol. The average molecular weight is 265 g/mol. The molecule has 1 heterocycles. The highest BCUT2D eigenvalue weighted by Gasteiger charge is 2.09. The van der Waals surface area contributed by atoms with E-state index in [1.165, 1.54) is 16.7 Å². The molecule has 0 N–H and O–H groups in total. The van der Waals surface area contributed by atoms with E-state index in [4.69, 9.17) is 0 Å². The lowest BCUT2D eigenvalue weighted by Gasteiger charge is -2.04. The minimum absolute atomic E-state index is 0.0646. The van der Waals surface area contributed by atoms with Gasteiger partial charge in [-0.1, -0.05) is 23.5 Å². The van der Waals surface area contributed by atoms with E-state index in [0.29, 0.717) is 0 Å². The third-order valence-electron chi connectivity index (χ3n) is 2.63. The number of thiazole rings is 1. The van der Waals surface area contributed by atoms with Crippen LogP contribution in [0.1, 0.15) is 11.3 Å². The van der Waals surface area contributed by atoms with Crippen molar-refractivity contribution in [1.82, 2.24) is 4.57 Å². The molecule has 5 heteroatoms. The summed E-state index contributed by atoms with van der Waals surface area (Å²) in [7, 11) is 0. The van der Waals surface area contributed by atoms with Gasteiger partial charge < -0.3 is 0 Å². The fourth-order valence-corrected chi connectivity index (χ4v) is 2.39. The Morgan fingerprint density at radius 3 is 2.56 bits per heavy atom. The summed E-state index contributed by atoms with van der Waals surface area (Å²) in [6, 6.07) is 5.81. The summed E-state index contributed by atoms with van der Waals surface area (Å²) in [5.74, 6) is -0.388. The molecule has 0 bridgehead atoms. The molecule has 0 aliphatic heterocycles. The number of aryl methyl sites for hydroxylation is 1. The van der Waals surface area contributed by atoms with Crippen molar-refractivity contribution in [2.75, 3.05) is 0 Å². The third-order valence-corrected chi connectivity index (χ3v) is 3.51. The molecule has 1 aromatic heterocycles. The van der Waals surface area contributed by atoms with Gasteiger partial charge in [-0.15, -0.1) is 0 Å². The van der Waals surface area contributed by atoms with Gasteiger partial charge in [0.1, 0.15) is 5.82 Å². The molecule has 3 nitrogen and oxygen atoms in total. The molecule has 0 fully saturated rings. The number of Topliss-reactive ketones (excluding diaryl/α,β-unsaturated/α-hetero) is 1. The summed E-state index contributed by atoms with van der Waals surface area (Å²) >= 11 is 1.09. The number of halogens is 1. The van der Waals surface area contributed by atoms with Gasteiger partial charge in [-0.25, -0.2) is 4.39 Å². The minimum atomic E-state index is -0.323. The van der Waals surface area contributed by atoms with Gasteiger partial charge in [0.15, 0.2) is 5.78 Å². The summed E-state index contributed by atoms with van der Waals surface area (Å²) in [6.45, 7) is 1.87. The highest BCUT2D eigenvalue weighted by Crippen LogP contribution is 2.06. The Balaban J connectivity index is 2.05. The second kappa shape index (κ2) is 5.27. The molecule has 0 aliphatic carbocycles. The topological polar surface area (TPSA) is 39.1 Å². The number of nitrogens with zero attached hydrogens (tertiary/aromatic N) is 1. The molecule has 0 radical (unpaired) electrons. The van der Waals surface area contributed by atoms with Crippen LogP contribution in [-0.2, 0) is 17.8 Å². The van der Waals surface area contributed by atoms with Gasteiger partial charge in [0.05, 0.1) is 6.54 Å². The van der Waals surface area contributed by atoms with Crippen LogP contribution < -0.4 is 4.87 Å². The van der Waals surface area contributed by atoms with E-state index in [1.54, 1.807) is 24.4 Å². The predicted octanol–water partition coefficient (Wildman–Crippen LogP) is 2.17. The maximum absolute atomic E-state index is 12.7. The summed E-state index contributed by atoms with van der Waals surface area (Å²) in [4.78, 5) is 23.1. The zero-order valence-corrected chi connectivity index (χ0v) is 10.7. The second-order valence-corrected chi connectivity index (χ2v) is 4.89. The maximum Gasteiger partial charge on any atom is 0.307 e. The fourth-order valence-electron chi connectivity index (χ4n) is 1.66. The molecule has 0 atom stereocenters. The molecule has 94 valence electrons. The van der Waals surface area contributed by atoms with Gasteiger partial charge in [0.2, 0.25) is 0 Å². The third kappa shape index (κ3) is 2.92. The fraction of sp³-hybridized carbons (Fsp3) is 0.231. The van der Waals surface area contributed by atoms with Crippen LogP contribution in [0.5, 0.6) is 0 Å². The van der Waals surface area contributed by atoms with Gasteiger partial charge in [-0.3, -0.25) is 14.2 Å². The van der Waals surface area contributed by atoms with Crippen LogP contribution >= 0.6 is 11.3 Å². The molecule has 0 saturated heterocycles.